The zero-order valence-electron chi connectivity index (χ0n) is 26.5. The molecule has 1 aliphatic heterocycles. The third kappa shape index (κ3) is 11.9. The molecule has 0 spiro atoms. The minimum atomic E-state index is -4.98. The molecule has 1 N–H and O–H groups in total. The van der Waals surface area contributed by atoms with Crippen molar-refractivity contribution < 1.29 is 50.3 Å². The SMILES string of the molecule is C.CC(=O)N(O)c1ccc(C(=O)N(C)C)cc1.CC(=O)N(OC(F)(F)F)c1ccc(C(=O)N(C)C)cc1.CI1OC(=O)c2ccccc21. The minimum absolute atomic E-state index is 0. The van der Waals surface area contributed by atoms with E-state index in [1.54, 1.807) is 40.3 Å². The fourth-order valence-corrected chi connectivity index (χ4v) is 6.64. The summed E-state index contributed by atoms with van der Waals surface area (Å²) in [4.78, 5) is 64.7. The van der Waals surface area contributed by atoms with Crippen molar-refractivity contribution in [1.82, 2.24) is 9.80 Å². The number of amides is 4. The molecule has 4 amide bonds. The van der Waals surface area contributed by atoms with E-state index in [2.05, 4.69) is 4.84 Å². The van der Waals surface area contributed by atoms with E-state index in [4.69, 9.17) is 3.07 Å². The van der Waals surface area contributed by atoms with Crippen LogP contribution in [0.25, 0.3) is 0 Å². The number of carbonyl (C=O) groups is 5. The molecule has 3 aromatic carbocycles. The van der Waals surface area contributed by atoms with E-state index in [-0.39, 0.29) is 41.5 Å². The van der Waals surface area contributed by atoms with Gasteiger partial charge >= 0.3 is 78.8 Å². The van der Waals surface area contributed by atoms with Crippen LogP contribution < -0.4 is 10.1 Å². The number of hydrogen-bond donors (Lipinski definition) is 1. The van der Waals surface area contributed by atoms with Gasteiger partial charge in [-0.1, -0.05) is 7.43 Å². The summed E-state index contributed by atoms with van der Waals surface area (Å²) in [6.45, 7) is 2.18. The Morgan fingerprint density at radius 1 is 0.750 bits per heavy atom. The zero-order chi connectivity index (χ0) is 35.6. The van der Waals surface area contributed by atoms with Crippen LogP contribution in [0.1, 0.15) is 52.3 Å². The van der Waals surface area contributed by atoms with Crippen molar-refractivity contribution >= 4 is 61.2 Å². The van der Waals surface area contributed by atoms with Crippen LogP contribution in [0.3, 0.4) is 0 Å². The van der Waals surface area contributed by atoms with E-state index in [9.17, 15) is 42.4 Å². The van der Waals surface area contributed by atoms with Crippen molar-refractivity contribution in [2.45, 2.75) is 27.6 Å². The predicted octanol–water partition coefficient (Wildman–Crippen LogP) is 6.04. The normalized spacial score (nSPS) is 12.0. The Morgan fingerprint density at radius 3 is 1.56 bits per heavy atom. The van der Waals surface area contributed by atoms with Crippen molar-refractivity contribution in [2.75, 3.05) is 43.2 Å². The third-order valence-electron chi connectivity index (χ3n) is 5.87. The summed E-state index contributed by atoms with van der Waals surface area (Å²) in [5.74, 6) is -1.98. The molecule has 0 fully saturated rings. The fraction of sp³-hybridized carbons (Fsp3) is 0.281. The van der Waals surface area contributed by atoms with Crippen LogP contribution in [0.4, 0.5) is 24.5 Å². The number of fused-ring (bicyclic) bond motifs is 1. The van der Waals surface area contributed by atoms with E-state index < -0.39 is 38.4 Å². The van der Waals surface area contributed by atoms with Gasteiger partial charge in [0, 0.05) is 53.2 Å². The van der Waals surface area contributed by atoms with E-state index in [1.807, 2.05) is 29.2 Å². The van der Waals surface area contributed by atoms with Crippen molar-refractivity contribution in [3.63, 3.8) is 0 Å². The van der Waals surface area contributed by atoms with Gasteiger partial charge in [-0.05, 0) is 48.5 Å². The second kappa shape index (κ2) is 18.1. The van der Waals surface area contributed by atoms with Gasteiger partial charge < -0.3 is 9.80 Å². The standard InChI is InChI=1S/C12H13F3N2O3.C11H14N2O3.C8H7IO2.CH4/c1-8(18)17(20-12(13,14)15)10-6-4-9(5-7-10)11(19)16(2)3;1-8(14)13(16)10-6-4-9(5-7-10)11(15)12(2)3;1-9-7-5-3-2-4-6(7)8(10)11-9;/h4-7H,1-3H3;4-7,16H,1-3H3;2-5H,1H3;1H4. The fourth-order valence-electron chi connectivity index (χ4n) is 3.63. The second-order valence-electron chi connectivity index (χ2n) is 9.94. The van der Waals surface area contributed by atoms with Gasteiger partial charge in [-0.15, -0.1) is 13.2 Å². The summed E-state index contributed by atoms with van der Waals surface area (Å²) in [6, 6.07) is 18.8. The maximum atomic E-state index is 12.2. The zero-order valence-corrected chi connectivity index (χ0v) is 28.7. The monoisotopic (exact) mass is 790 g/mol. The molecule has 3 aromatic rings. The van der Waals surface area contributed by atoms with Crippen LogP contribution in [0.5, 0.6) is 0 Å². The molecule has 16 heteroatoms. The van der Waals surface area contributed by atoms with Crippen LogP contribution in [-0.2, 0) is 17.5 Å². The number of nitrogens with zero attached hydrogens (tertiary/aromatic N) is 4. The van der Waals surface area contributed by atoms with Gasteiger partial charge in [0.15, 0.2) is 0 Å². The van der Waals surface area contributed by atoms with Gasteiger partial charge in [0.2, 0.25) is 11.8 Å². The van der Waals surface area contributed by atoms with Gasteiger partial charge in [0.25, 0.3) is 11.8 Å². The summed E-state index contributed by atoms with van der Waals surface area (Å²) in [6.07, 6.45) is -4.98. The number of benzene rings is 3. The number of anilines is 2. The van der Waals surface area contributed by atoms with Crippen molar-refractivity contribution in [3.8, 4) is 0 Å². The molecule has 48 heavy (non-hydrogen) atoms. The molecule has 1 heterocycles. The summed E-state index contributed by atoms with van der Waals surface area (Å²) in [5, 5.41) is 9.97. The molecule has 1 aliphatic rings. The third-order valence-corrected chi connectivity index (χ3v) is 9.50. The number of hydrogen-bond acceptors (Lipinski definition) is 8. The number of carbonyl (C=O) groups excluding carboxylic acids is 5. The molecule has 4 rings (SSSR count). The Bertz CT molecular complexity index is 1580. The van der Waals surface area contributed by atoms with Crippen LogP contribution in [0, 0.1) is 3.57 Å². The van der Waals surface area contributed by atoms with E-state index >= 15 is 0 Å². The van der Waals surface area contributed by atoms with Crippen molar-refractivity contribution in [1.29, 1.82) is 0 Å². The topological polar surface area (TPSA) is 137 Å². The molecule has 0 aromatic heterocycles. The summed E-state index contributed by atoms with van der Waals surface area (Å²) in [5.41, 5.74) is 1.79. The first kappa shape index (κ1) is 41.5. The molecular weight excluding hydrogens is 752 g/mol. The van der Waals surface area contributed by atoms with E-state index in [1.165, 1.54) is 53.1 Å². The van der Waals surface area contributed by atoms with Crippen LogP contribution >= 0.6 is 20.2 Å². The molecule has 0 bridgehead atoms. The van der Waals surface area contributed by atoms with Gasteiger partial charge in [-0.25, -0.2) is 0 Å². The van der Waals surface area contributed by atoms with E-state index in [0.717, 1.165) is 16.1 Å². The van der Waals surface area contributed by atoms with E-state index in [0.29, 0.717) is 16.3 Å². The molecule has 0 radical (unpaired) electrons. The molecule has 12 nitrogen and oxygen atoms in total. The van der Waals surface area contributed by atoms with Crippen LogP contribution in [-0.4, -0.2) is 84.1 Å². The molecule has 0 aliphatic carbocycles. The molecule has 0 atom stereocenters. The van der Waals surface area contributed by atoms with Gasteiger partial charge in [-0.3, -0.25) is 24.4 Å². The molecule has 262 valence electrons. The Labute approximate surface area is 284 Å². The summed E-state index contributed by atoms with van der Waals surface area (Å²) in [7, 11) is 6.41. The van der Waals surface area contributed by atoms with Crippen LogP contribution in [0.15, 0.2) is 72.8 Å². The first-order chi connectivity index (χ1) is 21.8. The van der Waals surface area contributed by atoms with Crippen molar-refractivity contribution in [2.24, 2.45) is 0 Å². The first-order valence-corrected chi connectivity index (χ1v) is 17.6. The second-order valence-corrected chi connectivity index (χ2v) is 13.9. The average Bonchev–Trinajstić information content (AvgIpc) is 3.31. The van der Waals surface area contributed by atoms with Crippen LogP contribution in [0.2, 0.25) is 0 Å². The van der Waals surface area contributed by atoms with Crippen molar-refractivity contribution in [3.05, 3.63) is 93.1 Å². The number of halogens is 4. The number of alkyl halides is 4. The molecular formula is C32H38F3IN4O8. The predicted molar refractivity (Wildman–Crippen MR) is 181 cm³/mol. The average molecular weight is 791 g/mol. The Balaban J connectivity index is 0.000000369. The maximum absolute atomic E-state index is 12.2. The Kier molecular flexibility index (Phi) is 15.7. The first-order valence-electron chi connectivity index (χ1n) is 13.5. The Morgan fingerprint density at radius 2 is 1.19 bits per heavy atom. The quantitative estimate of drug-likeness (QED) is 0.143. The molecule has 0 saturated heterocycles. The van der Waals surface area contributed by atoms with Gasteiger partial charge in [-0.2, -0.15) is 15.0 Å². The van der Waals surface area contributed by atoms with Gasteiger partial charge in [0.1, 0.15) is 0 Å². The Hall–Kier alpha value is -4.55. The number of rotatable bonds is 5. The number of hydroxylamine groups is 2. The van der Waals surface area contributed by atoms with Gasteiger partial charge in [0.05, 0.1) is 11.4 Å². The molecule has 0 unspecified atom stereocenters. The summed E-state index contributed by atoms with van der Waals surface area (Å²) < 4.78 is 42.9. The molecule has 0 saturated carbocycles. The summed E-state index contributed by atoms with van der Waals surface area (Å²) >= 11 is -1.52.